The third-order valence-corrected chi connectivity index (χ3v) is 7.81. The number of aromatic nitrogens is 1. The first kappa shape index (κ1) is 28.0. The Kier molecular flexibility index (Phi) is 7.86. The molecule has 41 heavy (non-hydrogen) atoms. The second-order valence-electron chi connectivity index (χ2n) is 8.82. The molecular weight excluding hydrogens is 614 g/mol. The lowest BCUT2D eigenvalue weighted by Gasteiger charge is -2.26. The molecule has 0 fully saturated rings. The minimum Gasteiger partial charge on any atom is -0.502 e. The van der Waals surface area contributed by atoms with E-state index in [1.807, 2.05) is 30.3 Å². The van der Waals surface area contributed by atoms with Gasteiger partial charge in [0.2, 0.25) is 5.75 Å². The van der Waals surface area contributed by atoms with E-state index in [2.05, 4.69) is 15.9 Å². The van der Waals surface area contributed by atoms with E-state index in [4.69, 9.17) is 14.5 Å². The van der Waals surface area contributed by atoms with Crippen LogP contribution in [0.1, 0.15) is 29.7 Å². The molecule has 0 saturated carbocycles. The number of nitrogens with zero attached hydrogens (tertiary/aromatic N) is 3. The molecule has 208 valence electrons. The van der Waals surface area contributed by atoms with E-state index in [1.54, 1.807) is 31.2 Å². The topological polar surface area (TPSA) is 133 Å². The van der Waals surface area contributed by atoms with Crippen molar-refractivity contribution in [1.29, 1.82) is 0 Å². The minimum absolute atomic E-state index is 0.0743. The number of aromatic hydroxyl groups is 1. The van der Waals surface area contributed by atoms with Gasteiger partial charge in [-0.1, -0.05) is 69.7 Å². The van der Waals surface area contributed by atoms with Crippen LogP contribution in [0.15, 0.2) is 86.6 Å². The monoisotopic (exact) mass is 635 g/mol. The van der Waals surface area contributed by atoms with Crippen LogP contribution in [-0.2, 0) is 9.53 Å². The Bertz CT molecular complexity index is 1880. The van der Waals surface area contributed by atoms with E-state index in [-0.39, 0.29) is 22.3 Å². The van der Waals surface area contributed by atoms with Gasteiger partial charge in [-0.05, 0) is 36.8 Å². The van der Waals surface area contributed by atoms with Crippen LogP contribution in [0.4, 0.5) is 5.69 Å². The van der Waals surface area contributed by atoms with Gasteiger partial charge in [0, 0.05) is 21.7 Å². The average Bonchev–Trinajstić information content (AvgIpc) is 3.28. The van der Waals surface area contributed by atoms with Crippen molar-refractivity contribution in [2.24, 2.45) is 4.99 Å². The molecule has 3 aromatic carbocycles. The fraction of sp³-hybridized carbons (Fsp3) is 0.138. The number of thiazole rings is 1. The number of halogens is 1. The molecule has 0 spiro atoms. The summed E-state index contributed by atoms with van der Waals surface area (Å²) in [5.74, 6) is -0.601. The number of nitro groups is 1. The van der Waals surface area contributed by atoms with Crippen LogP contribution in [0.25, 0.3) is 11.8 Å². The summed E-state index contributed by atoms with van der Waals surface area (Å²) in [6.45, 7) is 1.81. The van der Waals surface area contributed by atoms with Crippen LogP contribution in [0.3, 0.4) is 0 Å². The lowest BCUT2D eigenvalue weighted by atomic mass is 9.93. The normalized spacial score (nSPS) is 14.8. The van der Waals surface area contributed by atoms with Gasteiger partial charge < -0.3 is 14.6 Å². The zero-order valence-corrected chi connectivity index (χ0v) is 24.1. The Balaban J connectivity index is 1.83. The highest BCUT2D eigenvalue weighted by Gasteiger charge is 2.35. The number of hydrogen-bond acceptors (Lipinski definition) is 9. The number of phenolic OH excluding ortho intramolecular Hbond substituents is 1. The Morgan fingerprint density at radius 2 is 1.90 bits per heavy atom. The van der Waals surface area contributed by atoms with E-state index in [9.17, 15) is 24.8 Å². The summed E-state index contributed by atoms with van der Waals surface area (Å²) in [6, 6.07) is 17.8. The summed E-state index contributed by atoms with van der Waals surface area (Å²) >= 11 is 4.26. The van der Waals surface area contributed by atoms with Gasteiger partial charge in [-0.2, -0.15) is 0 Å². The highest BCUT2D eigenvalue weighted by atomic mass is 79.9. The van der Waals surface area contributed by atoms with Gasteiger partial charge >= 0.3 is 11.7 Å². The molecule has 5 rings (SSSR count). The Hall–Kier alpha value is -4.55. The molecule has 0 saturated heterocycles. The van der Waals surface area contributed by atoms with Crippen LogP contribution in [0.5, 0.6) is 11.5 Å². The van der Waals surface area contributed by atoms with Gasteiger partial charge in [0.1, 0.15) is 5.75 Å². The van der Waals surface area contributed by atoms with Crippen LogP contribution in [-0.4, -0.2) is 34.3 Å². The molecule has 1 aliphatic rings. The third kappa shape index (κ3) is 5.31. The summed E-state index contributed by atoms with van der Waals surface area (Å²) in [7, 11) is 1.54. The molecule has 0 amide bonds. The highest BCUT2D eigenvalue weighted by molar-refractivity contribution is 9.10. The maximum absolute atomic E-state index is 14.0. The Labute approximate surface area is 245 Å². The predicted molar refractivity (Wildman–Crippen MR) is 157 cm³/mol. The maximum atomic E-state index is 14.0. The van der Waals surface area contributed by atoms with E-state index in [0.717, 1.165) is 11.3 Å². The molecular formula is C29H22BrN3O7S. The quantitative estimate of drug-likeness (QED) is 0.182. The molecule has 4 aromatic rings. The maximum Gasteiger partial charge on any atom is 0.338 e. The van der Waals surface area contributed by atoms with E-state index in [0.29, 0.717) is 31.8 Å². The van der Waals surface area contributed by atoms with Gasteiger partial charge in [0.15, 0.2) is 4.80 Å². The van der Waals surface area contributed by atoms with Gasteiger partial charge in [0.25, 0.3) is 5.56 Å². The van der Waals surface area contributed by atoms with Crippen LogP contribution >= 0.6 is 27.3 Å². The molecule has 10 nitrogen and oxygen atoms in total. The molecule has 1 aromatic heterocycles. The predicted octanol–water partition coefficient (Wildman–Crippen LogP) is 4.32. The Morgan fingerprint density at radius 3 is 2.54 bits per heavy atom. The molecule has 2 heterocycles. The average molecular weight is 636 g/mol. The van der Waals surface area contributed by atoms with Gasteiger partial charge in [-0.15, -0.1) is 0 Å². The number of esters is 1. The molecule has 1 N–H and O–H groups in total. The molecule has 12 heteroatoms. The number of benzene rings is 3. The SMILES string of the molecule is CCOC(=O)C1=C(c2ccccc2)N=c2s/c(=C\c3cc(Br)cc([N+](=O)[O-])c3O)c(=O)n2[C@@H]1c1ccc(OC)cc1. The summed E-state index contributed by atoms with van der Waals surface area (Å²) in [6.07, 6.45) is 1.37. The van der Waals surface area contributed by atoms with Crippen molar-refractivity contribution in [3.05, 3.63) is 123 Å². The van der Waals surface area contributed by atoms with Crippen molar-refractivity contribution in [2.75, 3.05) is 13.7 Å². The zero-order chi connectivity index (χ0) is 29.3. The standard InChI is InChI=1S/C29H22BrN3O7S/c1-3-40-28(36)23-24(16-7-5-4-6-8-16)31-29-32(25(23)17-9-11-20(39-2)12-10-17)27(35)22(41-29)14-18-13-19(30)15-21(26(18)34)33(37)38/h4-15,25,34H,3H2,1-2H3/b22-14-/t25-/m1/s1. The summed E-state index contributed by atoms with van der Waals surface area (Å²) in [5, 5.41) is 22.0. The number of rotatable bonds is 7. The number of fused-ring (bicyclic) bond motifs is 1. The van der Waals surface area contributed by atoms with Crippen LogP contribution in [0.2, 0.25) is 0 Å². The molecule has 0 radical (unpaired) electrons. The summed E-state index contributed by atoms with van der Waals surface area (Å²) in [4.78, 5) is 43.3. The number of hydrogen-bond donors (Lipinski definition) is 1. The van der Waals surface area contributed by atoms with Gasteiger partial charge in [0.05, 0.1) is 40.5 Å². The van der Waals surface area contributed by atoms with Gasteiger partial charge in [-0.25, -0.2) is 9.79 Å². The van der Waals surface area contributed by atoms with Crippen molar-refractivity contribution >= 4 is 50.7 Å². The van der Waals surface area contributed by atoms with Crippen molar-refractivity contribution in [2.45, 2.75) is 13.0 Å². The van der Waals surface area contributed by atoms with E-state index in [1.165, 1.54) is 29.9 Å². The highest BCUT2D eigenvalue weighted by Crippen LogP contribution is 2.36. The first-order valence-electron chi connectivity index (χ1n) is 12.3. The van der Waals surface area contributed by atoms with E-state index >= 15 is 0 Å². The zero-order valence-electron chi connectivity index (χ0n) is 21.7. The molecule has 1 atom stereocenters. The number of carbonyl (C=O) groups excluding carboxylic acids is 1. The summed E-state index contributed by atoms with van der Waals surface area (Å²) < 4.78 is 12.7. The number of nitro benzene ring substituents is 1. The number of phenols is 1. The largest absolute Gasteiger partial charge is 0.502 e. The second kappa shape index (κ2) is 11.5. The van der Waals surface area contributed by atoms with Crippen LogP contribution < -0.4 is 19.6 Å². The van der Waals surface area contributed by atoms with Gasteiger partial charge in [-0.3, -0.25) is 19.5 Å². The van der Waals surface area contributed by atoms with Crippen molar-refractivity contribution < 1.29 is 24.3 Å². The third-order valence-electron chi connectivity index (χ3n) is 6.37. The number of methoxy groups -OCH3 is 1. The lowest BCUT2D eigenvalue weighted by Crippen LogP contribution is -2.40. The fourth-order valence-electron chi connectivity index (χ4n) is 4.54. The minimum atomic E-state index is -0.904. The second-order valence-corrected chi connectivity index (χ2v) is 10.7. The molecule has 0 aliphatic carbocycles. The lowest BCUT2D eigenvalue weighted by molar-refractivity contribution is -0.385. The molecule has 0 bridgehead atoms. The van der Waals surface area contributed by atoms with Crippen molar-refractivity contribution in [1.82, 2.24) is 4.57 Å². The first-order valence-corrected chi connectivity index (χ1v) is 13.9. The number of carbonyl (C=O) groups is 1. The van der Waals surface area contributed by atoms with Crippen molar-refractivity contribution in [3.63, 3.8) is 0 Å². The van der Waals surface area contributed by atoms with Crippen LogP contribution in [0, 0.1) is 10.1 Å². The fourth-order valence-corrected chi connectivity index (χ4v) is 5.99. The molecule has 0 unspecified atom stereocenters. The number of ether oxygens (including phenoxy) is 2. The van der Waals surface area contributed by atoms with Crippen molar-refractivity contribution in [3.8, 4) is 11.5 Å². The Morgan fingerprint density at radius 1 is 1.20 bits per heavy atom. The molecule has 1 aliphatic heterocycles. The first-order chi connectivity index (χ1) is 19.7. The van der Waals surface area contributed by atoms with E-state index < -0.39 is 33.9 Å². The summed E-state index contributed by atoms with van der Waals surface area (Å²) in [5.41, 5.74) is 0.890. The smallest absolute Gasteiger partial charge is 0.338 e.